The molecule has 0 unspecified atom stereocenters. The lowest BCUT2D eigenvalue weighted by Crippen LogP contribution is -2.45. The van der Waals surface area contributed by atoms with Crippen molar-refractivity contribution in [1.29, 1.82) is 0 Å². The van der Waals surface area contributed by atoms with Crippen LogP contribution >= 0.6 is 37.2 Å². The number of hydrogen-bond donors (Lipinski definition) is 0. The number of likely N-dealkylation sites (tertiary alicyclic amines) is 1. The summed E-state index contributed by atoms with van der Waals surface area (Å²) >= 11 is 0. The number of piperazine rings is 1. The summed E-state index contributed by atoms with van der Waals surface area (Å²) < 4.78 is 8.19. The minimum Gasteiger partial charge on any atom is -0.474 e. The van der Waals surface area contributed by atoms with Crippen molar-refractivity contribution in [1.82, 2.24) is 29.4 Å². The fourth-order valence-electron chi connectivity index (χ4n) is 4.14. The first-order chi connectivity index (χ1) is 14.7. The summed E-state index contributed by atoms with van der Waals surface area (Å²) in [4.78, 5) is 16.5. The van der Waals surface area contributed by atoms with E-state index in [1.807, 2.05) is 40.9 Å². The average Bonchev–Trinajstić information content (AvgIpc) is 3.20. The Morgan fingerprint density at radius 1 is 0.824 bits per heavy atom. The molecule has 0 amide bonds. The Hall–Kier alpha value is -1.88. The molecule has 5 rings (SSSR count). The second-order valence-electron chi connectivity index (χ2n) is 8.38. The number of rotatable bonds is 4. The molecule has 2 N–H and O–H groups in total. The molecule has 0 saturated carbocycles. The summed E-state index contributed by atoms with van der Waals surface area (Å²) in [5.41, 5.74) is 0.991. The van der Waals surface area contributed by atoms with E-state index >= 15 is 0 Å². The van der Waals surface area contributed by atoms with Crippen LogP contribution in [0.3, 0.4) is 0 Å². The third-order valence-electron chi connectivity index (χ3n) is 6.08. The van der Waals surface area contributed by atoms with Gasteiger partial charge in [0.25, 0.3) is 5.78 Å². The summed E-state index contributed by atoms with van der Waals surface area (Å²) in [7, 11) is 4.32. The predicted molar refractivity (Wildman–Crippen MR) is 142 cm³/mol. The minimum atomic E-state index is 0. The highest BCUT2D eigenvalue weighted by Crippen LogP contribution is 2.26. The lowest BCUT2D eigenvalue weighted by Gasteiger charge is -2.34. The zero-order chi connectivity index (χ0) is 20.5. The van der Waals surface area contributed by atoms with Gasteiger partial charge in [0.2, 0.25) is 5.88 Å². The van der Waals surface area contributed by atoms with Gasteiger partial charge in [-0.25, -0.2) is 0 Å². The van der Waals surface area contributed by atoms with Crippen LogP contribution in [0.1, 0.15) is 12.8 Å². The maximum atomic E-state index is 6.32. The molecule has 2 saturated heterocycles. The number of fused-ring (bicyclic) bond motifs is 1. The topological polar surface area (TPSA) is 93.5 Å². The number of benzene rings is 1. The predicted octanol–water partition coefficient (Wildman–Crippen LogP) is 2.46. The largest absolute Gasteiger partial charge is 0.474 e. The Kier molecular flexibility index (Phi) is 11.8. The fraction of sp³-hybridized carbons (Fsp3) is 0.500. The van der Waals surface area contributed by atoms with Crippen LogP contribution in [-0.2, 0) is 0 Å². The van der Waals surface area contributed by atoms with Gasteiger partial charge < -0.3 is 24.9 Å². The van der Waals surface area contributed by atoms with E-state index in [0.29, 0.717) is 17.5 Å². The minimum absolute atomic E-state index is 0. The quantitative estimate of drug-likeness (QED) is 0.507. The van der Waals surface area contributed by atoms with Crippen LogP contribution in [-0.4, -0.2) is 94.3 Å². The molecule has 0 atom stereocenters. The zero-order valence-corrected chi connectivity index (χ0v) is 21.9. The molecule has 3 aromatic rings. The van der Waals surface area contributed by atoms with E-state index in [1.165, 1.54) is 0 Å². The second-order valence-corrected chi connectivity index (χ2v) is 8.38. The standard InChI is InChI=1S/C22H29N7O.3ClH.H2O/c1-26-10-8-18(9-11-26)30-19-16-20(28-14-12-27(2)13-15-28)29-22(23-19)24-21(25-29)17-6-4-3-5-7-17;;;;/h3-7,16,18H,8-15H2,1-2H3;3*1H;1H2. The number of anilines is 1. The van der Waals surface area contributed by atoms with Crippen molar-refractivity contribution in [3.8, 4) is 17.3 Å². The molecule has 1 aromatic carbocycles. The van der Waals surface area contributed by atoms with Crippen LogP contribution in [0.4, 0.5) is 5.82 Å². The summed E-state index contributed by atoms with van der Waals surface area (Å²) in [6.45, 7) is 6.06. The third-order valence-corrected chi connectivity index (χ3v) is 6.08. The lowest BCUT2D eigenvalue weighted by molar-refractivity contribution is 0.110. The van der Waals surface area contributed by atoms with Gasteiger partial charge in [0.1, 0.15) is 11.9 Å². The van der Waals surface area contributed by atoms with Crippen LogP contribution in [0.5, 0.6) is 5.88 Å². The Labute approximate surface area is 219 Å². The van der Waals surface area contributed by atoms with Gasteiger partial charge in [0, 0.05) is 50.9 Å². The van der Waals surface area contributed by atoms with Crippen LogP contribution in [0.25, 0.3) is 17.2 Å². The zero-order valence-electron chi connectivity index (χ0n) is 19.5. The molecule has 2 fully saturated rings. The molecular weight excluding hydrogens is 501 g/mol. The molecule has 190 valence electrons. The van der Waals surface area contributed by atoms with Gasteiger partial charge in [-0.15, -0.1) is 42.3 Å². The van der Waals surface area contributed by atoms with Gasteiger partial charge in [0.15, 0.2) is 5.82 Å². The van der Waals surface area contributed by atoms with Crippen molar-refractivity contribution in [3.05, 3.63) is 36.4 Å². The van der Waals surface area contributed by atoms with Gasteiger partial charge >= 0.3 is 0 Å². The first kappa shape index (κ1) is 30.2. The smallest absolute Gasteiger partial charge is 0.257 e. The van der Waals surface area contributed by atoms with E-state index < -0.39 is 0 Å². The Bertz CT molecular complexity index is 1010. The number of aromatic nitrogens is 4. The summed E-state index contributed by atoms with van der Waals surface area (Å²) in [6, 6.07) is 12.1. The summed E-state index contributed by atoms with van der Waals surface area (Å²) in [5.74, 6) is 2.94. The van der Waals surface area contributed by atoms with Gasteiger partial charge in [-0.2, -0.15) is 14.5 Å². The van der Waals surface area contributed by atoms with Crippen molar-refractivity contribution in [2.75, 3.05) is 58.3 Å². The van der Waals surface area contributed by atoms with Crippen LogP contribution in [0, 0.1) is 0 Å². The molecule has 12 heteroatoms. The van der Waals surface area contributed by atoms with E-state index in [2.05, 4.69) is 28.8 Å². The Morgan fingerprint density at radius 2 is 1.44 bits per heavy atom. The highest BCUT2D eigenvalue weighted by atomic mass is 35.5. The van der Waals surface area contributed by atoms with Crippen molar-refractivity contribution in [3.63, 3.8) is 0 Å². The van der Waals surface area contributed by atoms with Crippen molar-refractivity contribution < 1.29 is 10.2 Å². The van der Waals surface area contributed by atoms with E-state index in [1.54, 1.807) is 0 Å². The molecule has 0 spiro atoms. The van der Waals surface area contributed by atoms with Gasteiger partial charge in [0.05, 0.1) is 0 Å². The van der Waals surface area contributed by atoms with Crippen molar-refractivity contribution in [2.24, 2.45) is 0 Å². The number of piperidine rings is 1. The first-order valence-electron chi connectivity index (χ1n) is 10.8. The summed E-state index contributed by atoms with van der Waals surface area (Å²) in [6.07, 6.45) is 2.25. The van der Waals surface area contributed by atoms with E-state index in [-0.39, 0.29) is 48.8 Å². The molecule has 2 aliphatic rings. The van der Waals surface area contributed by atoms with Gasteiger partial charge in [-0.1, -0.05) is 30.3 Å². The first-order valence-corrected chi connectivity index (χ1v) is 10.8. The van der Waals surface area contributed by atoms with Crippen molar-refractivity contribution in [2.45, 2.75) is 18.9 Å². The number of ether oxygens (including phenoxy) is 1. The Balaban J connectivity index is 0.00000144. The number of likely N-dealkylation sites (N-methyl/N-ethyl adjacent to an activating group) is 1. The molecule has 2 aromatic heterocycles. The van der Waals surface area contributed by atoms with Gasteiger partial charge in [-0.3, -0.25) is 0 Å². The van der Waals surface area contributed by atoms with E-state index in [0.717, 1.165) is 63.5 Å². The highest BCUT2D eigenvalue weighted by Gasteiger charge is 2.23. The molecular formula is C22H34Cl3N7O2. The lowest BCUT2D eigenvalue weighted by atomic mass is 10.1. The van der Waals surface area contributed by atoms with E-state index in [9.17, 15) is 0 Å². The maximum absolute atomic E-state index is 6.32. The second kappa shape index (κ2) is 13.3. The molecule has 0 radical (unpaired) electrons. The molecule has 4 heterocycles. The van der Waals surface area contributed by atoms with Crippen molar-refractivity contribution >= 4 is 48.8 Å². The van der Waals surface area contributed by atoms with Crippen LogP contribution in [0.2, 0.25) is 0 Å². The average molecular weight is 535 g/mol. The van der Waals surface area contributed by atoms with Gasteiger partial charge in [-0.05, 0) is 26.9 Å². The fourth-order valence-corrected chi connectivity index (χ4v) is 4.14. The normalized spacial score (nSPS) is 17.2. The van der Waals surface area contributed by atoms with E-state index in [4.69, 9.17) is 19.8 Å². The Morgan fingerprint density at radius 3 is 2.09 bits per heavy atom. The number of nitrogens with zero attached hydrogens (tertiary/aromatic N) is 7. The third kappa shape index (κ3) is 6.62. The molecule has 0 aliphatic carbocycles. The number of halogens is 3. The highest BCUT2D eigenvalue weighted by molar-refractivity contribution is 5.86. The molecule has 0 bridgehead atoms. The molecule has 9 nitrogen and oxygen atoms in total. The van der Waals surface area contributed by atoms with Crippen LogP contribution < -0.4 is 9.64 Å². The molecule has 34 heavy (non-hydrogen) atoms. The summed E-state index contributed by atoms with van der Waals surface area (Å²) in [5, 5.41) is 4.80. The van der Waals surface area contributed by atoms with Crippen LogP contribution in [0.15, 0.2) is 36.4 Å². The number of hydrogen-bond acceptors (Lipinski definition) is 7. The monoisotopic (exact) mass is 533 g/mol. The SMILES string of the molecule is CN1CCC(Oc2cc(N3CCN(C)CC3)n3nc(-c4ccccc4)nc3n2)CC1.Cl.Cl.Cl.O. The maximum Gasteiger partial charge on any atom is 0.257 e. The molecule has 2 aliphatic heterocycles.